The van der Waals surface area contributed by atoms with Gasteiger partial charge in [0.1, 0.15) is 5.75 Å². The minimum absolute atomic E-state index is 0.576. The molecule has 1 aromatic carbocycles. The van der Waals surface area contributed by atoms with Crippen LogP contribution in [0.1, 0.15) is 32.3 Å². The van der Waals surface area contributed by atoms with Crippen molar-refractivity contribution in [2.75, 3.05) is 43.9 Å². The summed E-state index contributed by atoms with van der Waals surface area (Å²) in [6, 6.07) is 4.82. The molecule has 4 nitrogen and oxygen atoms in total. The number of rotatable bonds is 3. The predicted molar refractivity (Wildman–Crippen MR) is 92.7 cm³/mol. The molecule has 2 heterocycles. The lowest BCUT2D eigenvalue weighted by Gasteiger charge is -2.56. The van der Waals surface area contributed by atoms with Gasteiger partial charge in [-0.3, -0.25) is 4.90 Å². The Kier molecular flexibility index (Phi) is 3.98. The standard InChI is InChI=1S/C18H29N3O/c1-13(2)21-11-18(12-21)5-7-20(8-6-18)16-10-17(22-4)15(19)9-14(16)3/h9-10,13H,5-8,11-12,19H2,1-4H3. The molecule has 1 spiro atoms. The highest BCUT2D eigenvalue weighted by Crippen LogP contribution is 2.43. The highest BCUT2D eigenvalue weighted by molar-refractivity contribution is 5.66. The van der Waals surface area contributed by atoms with Gasteiger partial charge in [-0.15, -0.1) is 0 Å². The van der Waals surface area contributed by atoms with E-state index in [9.17, 15) is 0 Å². The molecule has 0 aromatic heterocycles. The summed E-state index contributed by atoms with van der Waals surface area (Å²) in [5.41, 5.74) is 9.82. The summed E-state index contributed by atoms with van der Waals surface area (Å²) in [6.07, 6.45) is 2.59. The van der Waals surface area contributed by atoms with E-state index in [2.05, 4.69) is 36.6 Å². The Hall–Kier alpha value is -1.42. The minimum atomic E-state index is 0.576. The third kappa shape index (κ3) is 2.65. The van der Waals surface area contributed by atoms with Crippen LogP contribution >= 0.6 is 0 Å². The van der Waals surface area contributed by atoms with Crippen molar-refractivity contribution in [1.82, 2.24) is 4.90 Å². The highest BCUT2D eigenvalue weighted by Gasteiger charge is 2.45. The third-order valence-electron chi connectivity index (χ3n) is 5.52. The van der Waals surface area contributed by atoms with E-state index in [1.165, 1.54) is 37.2 Å². The van der Waals surface area contributed by atoms with E-state index < -0.39 is 0 Å². The Morgan fingerprint density at radius 3 is 2.36 bits per heavy atom. The summed E-state index contributed by atoms with van der Waals surface area (Å²) in [5.74, 6) is 0.788. The Balaban J connectivity index is 1.67. The number of likely N-dealkylation sites (tertiary alicyclic amines) is 1. The monoisotopic (exact) mass is 303 g/mol. The lowest BCUT2D eigenvalue weighted by atomic mass is 9.71. The Morgan fingerprint density at radius 2 is 1.82 bits per heavy atom. The van der Waals surface area contributed by atoms with Crippen molar-refractivity contribution < 1.29 is 4.74 Å². The molecule has 122 valence electrons. The number of aryl methyl sites for hydroxylation is 1. The van der Waals surface area contributed by atoms with Gasteiger partial charge >= 0.3 is 0 Å². The first-order chi connectivity index (χ1) is 10.4. The Morgan fingerprint density at radius 1 is 1.18 bits per heavy atom. The summed E-state index contributed by atoms with van der Waals surface area (Å²) < 4.78 is 5.39. The maximum Gasteiger partial charge on any atom is 0.143 e. The van der Waals surface area contributed by atoms with E-state index in [1.54, 1.807) is 7.11 Å². The van der Waals surface area contributed by atoms with Crippen LogP contribution in [0.3, 0.4) is 0 Å². The minimum Gasteiger partial charge on any atom is -0.495 e. The van der Waals surface area contributed by atoms with Crippen LogP contribution in [-0.4, -0.2) is 44.2 Å². The predicted octanol–water partition coefficient (Wildman–Crippen LogP) is 2.90. The summed E-state index contributed by atoms with van der Waals surface area (Å²) in [4.78, 5) is 5.09. The number of methoxy groups -OCH3 is 1. The van der Waals surface area contributed by atoms with E-state index in [0.717, 1.165) is 24.5 Å². The number of nitrogens with two attached hydrogens (primary N) is 1. The first-order valence-electron chi connectivity index (χ1n) is 8.37. The average Bonchev–Trinajstić information content (AvgIpc) is 2.45. The van der Waals surface area contributed by atoms with Crippen LogP contribution in [0.2, 0.25) is 0 Å². The molecule has 4 heteroatoms. The molecular weight excluding hydrogens is 274 g/mol. The van der Waals surface area contributed by atoms with Crippen LogP contribution in [0.25, 0.3) is 0 Å². The number of benzene rings is 1. The van der Waals surface area contributed by atoms with E-state index in [4.69, 9.17) is 10.5 Å². The smallest absolute Gasteiger partial charge is 0.143 e. The molecule has 0 aliphatic carbocycles. The van der Waals surface area contributed by atoms with Gasteiger partial charge in [0.2, 0.25) is 0 Å². The molecule has 0 saturated carbocycles. The molecule has 22 heavy (non-hydrogen) atoms. The fourth-order valence-electron chi connectivity index (χ4n) is 3.94. The van der Waals surface area contributed by atoms with Crippen molar-refractivity contribution in [3.63, 3.8) is 0 Å². The molecule has 2 aliphatic rings. The van der Waals surface area contributed by atoms with Crippen molar-refractivity contribution in [1.29, 1.82) is 0 Å². The molecule has 2 N–H and O–H groups in total. The van der Waals surface area contributed by atoms with Gasteiger partial charge in [0.25, 0.3) is 0 Å². The lowest BCUT2D eigenvalue weighted by molar-refractivity contribution is -0.0380. The van der Waals surface area contributed by atoms with Crippen molar-refractivity contribution in [2.24, 2.45) is 5.41 Å². The molecule has 0 atom stereocenters. The number of hydrogen-bond donors (Lipinski definition) is 1. The fraction of sp³-hybridized carbons (Fsp3) is 0.667. The fourth-order valence-corrected chi connectivity index (χ4v) is 3.94. The molecule has 2 fully saturated rings. The number of nitrogens with zero attached hydrogens (tertiary/aromatic N) is 2. The maximum absolute atomic E-state index is 6.00. The Bertz CT molecular complexity index is 540. The van der Waals surface area contributed by atoms with Gasteiger partial charge in [0, 0.05) is 44.0 Å². The van der Waals surface area contributed by atoms with Gasteiger partial charge < -0.3 is 15.4 Å². The van der Waals surface area contributed by atoms with Gasteiger partial charge in [-0.1, -0.05) is 0 Å². The van der Waals surface area contributed by atoms with Crippen LogP contribution in [0.5, 0.6) is 5.75 Å². The average molecular weight is 303 g/mol. The first kappa shape index (κ1) is 15.5. The Labute approximate surface area is 134 Å². The van der Waals surface area contributed by atoms with E-state index in [1.807, 2.05) is 6.07 Å². The van der Waals surface area contributed by atoms with Gasteiger partial charge in [0.15, 0.2) is 0 Å². The summed E-state index contributed by atoms with van der Waals surface area (Å²) >= 11 is 0. The molecule has 0 radical (unpaired) electrons. The molecule has 0 unspecified atom stereocenters. The van der Waals surface area contributed by atoms with Gasteiger partial charge in [-0.05, 0) is 50.7 Å². The molecular formula is C18H29N3O. The zero-order valence-corrected chi connectivity index (χ0v) is 14.4. The quantitative estimate of drug-likeness (QED) is 0.872. The zero-order chi connectivity index (χ0) is 15.9. The van der Waals surface area contributed by atoms with Crippen LogP contribution in [-0.2, 0) is 0 Å². The first-order valence-corrected chi connectivity index (χ1v) is 8.37. The maximum atomic E-state index is 6.00. The number of piperidine rings is 1. The summed E-state index contributed by atoms with van der Waals surface area (Å²) in [7, 11) is 1.69. The van der Waals surface area contributed by atoms with E-state index in [-0.39, 0.29) is 0 Å². The molecule has 3 rings (SSSR count). The summed E-state index contributed by atoms with van der Waals surface area (Å²) in [6.45, 7) is 11.6. The normalized spacial score (nSPS) is 21.2. The van der Waals surface area contributed by atoms with Crippen molar-refractivity contribution in [2.45, 2.75) is 39.7 Å². The van der Waals surface area contributed by atoms with Gasteiger partial charge in [0.05, 0.1) is 12.8 Å². The molecule has 1 aromatic rings. The van der Waals surface area contributed by atoms with Crippen LogP contribution < -0.4 is 15.4 Å². The largest absolute Gasteiger partial charge is 0.495 e. The van der Waals surface area contributed by atoms with Crippen molar-refractivity contribution >= 4 is 11.4 Å². The molecule has 0 amide bonds. The molecule has 2 aliphatic heterocycles. The van der Waals surface area contributed by atoms with E-state index in [0.29, 0.717) is 11.5 Å². The van der Waals surface area contributed by atoms with Crippen LogP contribution in [0.4, 0.5) is 11.4 Å². The number of anilines is 2. The van der Waals surface area contributed by atoms with Crippen molar-refractivity contribution in [3.8, 4) is 5.75 Å². The highest BCUT2D eigenvalue weighted by atomic mass is 16.5. The topological polar surface area (TPSA) is 41.7 Å². The van der Waals surface area contributed by atoms with Gasteiger partial charge in [-0.2, -0.15) is 0 Å². The second kappa shape index (κ2) is 5.65. The number of ether oxygens (including phenoxy) is 1. The second-order valence-corrected chi connectivity index (χ2v) is 7.37. The molecule has 2 saturated heterocycles. The van der Waals surface area contributed by atoms with Gasteiger partial charge in [-0.25, -0.2) is 0 Å². The van der Waals surface area contributed by atoms with Crippen LogP contribution in [0, 0.1) is 12.3 Å². The number of nitrogen functional groups attached to an aromatic ring is 1. The lowest BCUT2D eigenvalue weighted by Crippen LogP contribution is -2.62. The third-order valence-corrected chi connectivity index (χ3v) is 5.52. The number of hydrogen-bond acceptors (Lipinski definition) is 4. The van der Waals surface area contributed by atoms with Crippen molar-refractivity contribution in [3.05, 3.63) is 17.7 Å². The zero-order valence-electron chi connectivity index (χ0n) is 14.4. The molecule has 0 bridgehead atoms. The SMILES string of the molecule is COc1cc(N2CCC3(CC2)CN(C(C)C)C3)c(C)cc1N. The van der Waals surface area contributed by atoms with Crippen LogP contribution in [0.15, 0.2) is 12.1 Å². The van der Waals surface area contributed by atoms with E-state index >= 15 is 0 Å². The second-order valence-electron chi connectivity index (χ2n) is 7.37. The summed E-state index contributed by atoms with van der Waals surface area (Å²) in [5, 5.41) is 0.